The summed E-state index contributed by atoms with van der Waals surface area (Å²) in [5.74, 6) is 0.817. The van der Waals surface area contributed by atoms with Crippen molar-refractivity contribution in [1.29, 1.82) is 0 Å². The molecule has 0 bridgehead atoms. The number of nitrogens with zero attached hydrogens (tertiary/aromatic N) is 2. The minimum Gasteiger partial charge on any atom is -0.430 e. The van der Waals surface area contributed by atoms with Crippen molar-refractivity contribution in [2.24, 2.45) is 0 Å². The molecule has 0 unspecified atom stereocenters. The molecule has 19 heavy (non-hydrogen) atoms. The Hall–Kier alpha value is -1.50. The summed E-state index contributed by atoms with van der Waals surface area (Å²) >= 11 is 1.45. The number of para-hydroxylation sites is 1. The smallest absolute Gasteiger partial charge is 0.299 e. The zero-order chi connectivity index (χ0) is 13.5. The van der Waals surface area contributed by atoms with Gasteiger partial charge in [-0.3, -0.25) is 0 Å². The Morgan fingerprint density at radius 3 is 2.89 bits per heavy atom. The van der Waals surface area contributed by atoms with Crippen molar-refractivity contribution < 1.29 is 9.47 Å². The highest BCUT2D eigenvalue weighted by atomic mass is 32.1. The standard InChI is InChI=1S/C13H17N3O2S/c1-10-5-3-4-6-11(10)18-13-16-15-12(19-13)9-14-7-8-17-2/h3-6,14H,7-9H2,1-2H3. The van der Waals surface area contributed by atoms with Crippen LogP contribution >= 0.6 is 11.3 Å². The van der Waals surface area contributed by atoms with Gasteiger partial charge in [0.1, 0.15) is 10.8 Å². The molecule has 0 saturated carbocycles. The molecule has 0 spiro atoms. The predicted octanol–water partition coefficient (Wildman–Crippen LogP) is 2.37. The number of hydrogen-bond donors (Lipinski definition) is 1. The zero-order valence-corrected chi connectivity index (χ0v) is 11.9. The van der Waals surface area contributed by atoms with Crippen molar-refractivity contribution in [2.75, 3.05) is 20.3 Å². The number of rotatable bonds is 7. The number of ether oxygens (including phenoxy) is 2. The van der Waals surface area contributed by atoms with Crippen LogP contribution in [0.5, 0.6) is 10.9 Å². The van der Waals surface area contributed by atoms with Crippen LogP contribution in [0.3, 0.4) is 0 Å². The van der Waals surface area contributed by atoms with E-state index in [1.807, 2.05) is 31.2 Å². The summed E-state index contributed by atoms with van der Waals surface area (Å²) in [6.45, 7) is 4.16. The molecule has 0 radical (unpaired) electrons. The van der Waals surface area contributed by atoms with E-state index in [4.69, 9.17) is 9.47 Å². The van der Waals surface area contributed by atoms with Gasteiger partial charge in [-0.1, -0.05) is 34.6 Å². The van der Waals surface area contributed by atoms with Crippen LogP contribution in [0.25, 0.3) is 0 Å². The number of aryl methyl sites for hydroxylation is 1. The van der Waals surface area contributed by atoms with E-state index in [9.17, 15) is 0 Å². The Morgan fingerprint density at radius 2 is 2.11 bits per heavy atom. The lowest BCUT2D eigenvalue weighted by atomic mass is 10.2. The first kappa shape index (κ1) is 13.9. The summed E-state index contributed by atoms with van der Waals surface area (Å²) in [4.78, 5) is 0. The van der Waals surface area contributed by atoms with Crippen LogP contribution in [0.1, 0.15) is 10.6 Å². The topological polar surface area (TPSA) is 56.3 Å². The summed E-state index contributed by atoms with van der Waals surface area (Å²) in [6.07, 6.45) is 0. The molecule has 1 heterocycles. The molecule has 0 aliphatic rings. The highest BCUT2D eigenvalue weighted by Gasteiger charge is 2.07. The summed E-state index contributed by atoms with van der Waals surface area (Å²) in [6, 6.07) is 7.85. The van der Waals surface area contributed by atoms with Crippen LogP contribution in [0.15, 0.2) is 24.3 Å². The lowest BCUT2D eigenvalue weighted by molar-refractivity contribution is 0.199. The van der Waals surface area contributed by atoms with E-state index < -0.39 is 0 Å². The average molecular weight is 279 g/mol. The Labute approximate surface area is 116 Å². The fourth-order valence-electron chi connectivity index (χ4n) is 1.49. The third-order valence-electron chi connectivity index (χ3n) is 2.50. The maximum atomic E-state index is 5.71. The van der Waals surface area contributed by atoms with E-state index in [0.29, 0.717) is 18.3 Å². The van der Waals surface area contributed by atoms with Gasteiger partial charge in [0.2, 0.25) is 0 Å². The van der Waals surface area contributed by atoms with Gasteiger partial charge in [0.05, 0.1) is 6.61 Å². The third kappa shape index (κ3) is 4.27. The minimum atomic E-state index is 0.567. The van der Waals surface area contributed by atoms with Gasteiger partial charge < -0.3 is 14.8 Å². The fourth-order valence-corrected chi connectivity index (χ4v) is 2.16. The lowest BCUT2D eigenvalue weighted by Gasteiger charge is -2.03. The molecule has 0 aliphatic carbocycles. The van der Waals surface area contributed by atoms with Gasteiger partial charge in [0.25, 0.3) is 5.19 Å². The fraction of sp³-hybridized carbons (Fsp3) is 0.385. The molecule has 5 nitrogen and oxygen atoms in total. The molecule has 0 atom stereocenters. The summed E-state index contributed by atoms with van der Waals surface area (Å²) in [5, 5.41) is 12.8. The first-order chi connectivity index (χ1) is 9.29. The van der Waals surface area contributed by atoms with E-state index in [0.717, 1.165) is 22.9 Å². The molecule has 0 fully saturated rings. The second kappa shape index (κ2) is 7.18. The van der Waals surface area contributed by atoms with Crippen molar-refractivity contribution >= 4 is 11.3 Å². The molecule has 1 aromatic heterocycles. The lowest BCUT2D eigenvalue weighted by Crippen LogP contribution is -2.18. The Balaban J connectivity index is 1.89. The maximum absolute atomic E-state index is 5.71. The number of hydrogen-bond acceptors (Lipinski definition) is 6. The van der Waals surface area contributed by atoms with Crippen molar-refractivity contribution in [3.8, 4) is 10.9 Å². The predicted molar refractivity (Wildman–Crippen MR) is 74.7 cm³/mol. The summed E-state index contributed by atoms with van der Waals surface area (Å²) in [5.41, 5.74) is 1.08. The van der Waals surface area contributed by atoms with E-state index in [-0.39, 0.29) is 0 Å². The second-order valence-corrected chi connectivity index (χ2v) is 5.02. The maximum Gasteiger partial charge on any atom is 0.299 e. The normalized spacial score (nSPS) is 10.6. The van der Waals surface area contributed by atoms with Gasteiger partial charge >= 0.3 is 0 Å². The molecule has 6 heteroatoms. The van der Waals surface area contributed by atoms with Crippen molar-refractivity contribution in [1.82, 2.24) is 15.5 Å². The monoisotopic (exact) mass is 279 g/mol. The first-order valence-corrected chi connectivity index (χ1v) is 6.87. The molecule has 0 saturated heterocycles. The van der Waals surface area contributed by atoms with Gasteiger partial charge in [-0.25, -0.2) is 0 Å². The van der Waals surface area contributed by atoms with Crippen molar-refractivity contribution in [3.63, 3.8) is 0 Å². The van der Waals surface area contributed by atoms with Crippen LogP contribution in [0.4, 0.5) is 0 Å². The molecule has 0 aliphatic heterocycles. The number of methoxy groups -OCH3 is 1. The zero-order valence-electron chi connectivity index (χ0n) is 11.0. The minimum absolute atomic E-state index is 0.567. The molecule has 1 aromatic carbocycles. The molecule has 2 aromatic rings. The Bertz CT molecular complexity index is 516. The number of aromatic nitrogens is 2. The van der Waals surface area contributed by atoms with Gasteiger partial charge in [-0.05, 0) is 18.6 Å². The SMILES string of the molecule is COCCNCc1nnc(Oc2ccccc2C)s1. The van der Waals surface area contributed by atoms with E-state index in [1.165, 1.54) is 11.3 Å². The van der Waals surface area contributed by atoms with Crippen LogP contribution in [0.2, 0.25) is 0 Å². The average Bonchev–Trinajstić information content (AvgIpc) is 2.85. The second-order valence-electron chi connectivity index (χ2n) is 4.00. The van der Waals surface area contributed by atoms with E-state index >= 15 is 0 Å². The number of benzene rings is 1. The van der Waals surface area contributed by atoms with Gasteiger partial charge in [-0.15, -0.1) is 5.10 Å². The highest BCUT2D eigenvalue weighted by molar-refractivity contribution is 7.13. The molecule has 0 amide bonds. The van der Waals surface area contributed by atoms with Crippen molar-refractivity contribution in [3.05, 3.63) is 34.8 Å². The molecular weight excluding hydrogens is 262 g/mol. The Morgan fingerprint density at radius 1 is 1.26 bits per heavy atom. The van der Waals surface area contributed by atoms with Crippen LogP contribution in [-0.4, -0.2) is 30.5 Å². The van der Waals surface area contributed by atoms with E-state index in [1.54, 1.807) is 7.11 Å². The molecule has 1 N–H and O–H groups in total. The first-order valence-electron chi connectivity index (χ1n) is 6.05. The third-order valence-corrected chi connectivity index (χ3v) is 3.30. The summed E-state index contributed by atoms with van der Waals surface area (Å²) in [7, 11) is 1.68. The van der Waals surface area contributed by atoms with Gasteiger partial charge in [0.15, 0.2) is 0 Å². The van der Waals surface area contributed by atoms with Crippen molar-refractivity contribution in [2.45, 2.75) is 13.5 Å². The van der Waals surface area contributed by atoms with E-state index in [2.05, 4.69) is 15.5 Å². The van der Waals surface area contributed by atoms with Gasteiger partial charge in [-0.2, -0.15) is 0 Å². The molecule has 102 valence electrons. The highest BCUT2D eigenvalue weighted by Crippen LogP contribution is 2.27. The summed E-state index contributed by atoms with van der Waals surface area (Å²) < 4.78 is 10.7. The number of nitrogens with one attached hydrogen (secondary N) is 1. The molecule has 2 rings (SSSR count). The Kier molecular flexibility index (Phi) is 5.26. The molecular formula is C13H17N3O2S. The van der Waals surface area contributed by atoms with Crippen LogP contribution in [-0.2, 0) is 11.3 Å². The largest absolute Gasteiger partial charge is 0.430 e. The van der Waals surface area contributed by atoms with Crippen LogP contribution in [0, 0.1) is 6.92 Å². The quantitative estimate of drug-likeness (QED) is 0.789. The van der Waals surface area contributed by atoms with Crippen LogP contribution < -0.4 is 10.1 Å². The van der Waals surface area contributed by atoms with Gasteiger partial charge in [0, 0.05) is 20.2 Å².